The molecule has 0 aliphatic heterocycles. The fraction of sp³-hybridized carbons (Fsp3) is 0.571. The second kappa shape index (κ2) is 6.50. The lowest BCUT2D eigenvalue weighted by atomic mass is 10.0. The molecule has 1 aromatic rings. The van der Waals surface area contributed by atoms with Gasteiger partial charge >= 0.3 is 0 Å². The second-order valence-electron chi connectivity index (χ2n) is 4.73. The summed E-state index contributed by atoms with van der Waals surface area (Å²) in [5, 5.41) is 3.52. The van der Waals surface area contributed by atoms with Gasteiger partial charge < -0.3 is 15.8 Å². The zero-order valence-electron chi connectivity index (χ0n) is 11.3. The highest BCUT2D eigenvalue weighted by atomic mass is 16.5. The van der Waals surface area contributed by atoms with Gasteiger partial charge in [0.2, 0.25) is 0 Å². The summed E-state index contributed by atoms with van der Waals surface area (Å²) in [6.07, 6.45) is 0. The Bertz CT molecular complexity index is 350. The maximum absolute atomic E-state index is 5.81. The van der Waals surface area contributed by atoms with E-state index in [0.29, 0.717) is 12.0 Å². The lowest BCUT2D eigenvalue weighted by molar-refractivity contribution is 0.127. The molecule has 3 heteroatoms. The van der Waals surface area contributed by atoms with Crippen molar-refractivity contribution in [1.29, 1.82) is 0 Å². The van der Waals surface area contributed by atoms with E-state index >= 15 is 0 Å². The van der Waals surface area contributed by atoms with Crippen LogP contribution in [0.15, 0.2) is 18.2 Å². The minimum absolute atomic E-state index is 0.315. The molecular formula is C14H24N2O. The SMILES string of the molecule is CCOCC(Nc1cc(N)ccc1C)C(C)C. The summed E-state index contributed by atoms with van der Waals surface area (Å²) in [6, 6.07) is 6.26. The molecule has 0 fully saturated rings. The molecule has 0 amide bonds. The van der Waals surface area contributed by atoms with Crippen LogP contribution in [0.1, 0.15) is 26.3 Å². The number of aryl methyl sites for hydroxylation is 1. The fourth-order valence-corrected chi connectivity index (χ4v) is 1.64. The molecular weight excluding hydrogens is 212 g/mol. The molecule has 0 saturated heterocycles. The molecule has 1 unspecified atom stereocenters. The van der Waals surface area contributed by atoms with Crippen molar-refractivity contribution in [1.82, 2.24) is 0 Å². The maximum Gasteiger partial charge on any atom is 0.0670 e. The van der Waals surface area contributed by atoms with Crippen molar-refractivity contribution >= 4 is 11.4 Å². The smallest absolute Gasteiger partial charge is 0.0670 e. The van der Waals surface area contributed by atoms with Crippen molar-refractivity contribution in [3.05, 3.63) is 23.8 Å². The van der Waals surface area contributed by atoms with Crippen molar-refractivity contribution in [3.8, 4) is 0 Å². The van der Waals surface area contributed by atoms with Crippen LogP contribution in [0.3, 0.4) is 0 Å². The average molecular weight is 236 g/mol. The number of nitrogens with one attached hydrogen (secondary N) is 1. The number of rotatable bonds is 6. The maximum atomic E-state index is 5.81. The van der Waals surface area contributed by atoms with Crippen LogP contribution in [0, 0.1) is 12.8 Å². The Labute approximate surface area is 104 Å². The van der Waals surface area contributed by atoms with E-state index in [2.05, 4.69) is 26.1 Å². The van der Waals surface area contributed by atoms with Gasteiger partial charge in [-0.05, 0) is 37.5 Å². The van der Waals surface area contributed by atoms with E-state index in [1.165, 1.54) is 5.56 Å². The van der Waals surface area contributed by atoms with Crippen LogP contribution in [0.5, 0.6) is 0 Å². The molecule has 3 nitrogen and oxygen atoms in total. The van der Waals surface area contributed by atoms with Gasteiger partial charge in [0.05, 0.1) is 12.6 Å². The first kappa shape index (κ1) is 13.8. The third-order valence-electron chi connectivity index (χ3n) is 2.91. The van der Waals surface area contributed by atoms with Crippen molar-refractivity contribution in [2.45, 2.75) is 33.7 Å². The van der Waals surface area contributed by atoms with E-state index in [1.54, 1.807) is 0 Å². The van der Waals surface area contributed by atoms with Crippen LogP contribution in [-0.4, -0.2) is 19.3 Å². The highest BCUT2D eigenvalue weighted by Gasteiger charge is 2.14. The predicted molar refractivity (Wildman–Crippen MR) is 74.3 cm³/mol. The molecule has 0 aliphatic carbocycles. The van der Waals surface area contributed by atoms with E-state index < -0.39 is 0 Å². The molecule has 0 spiro atoms. The highest BCUT2D eigenvalue weighted by Crippen LogP contribution is 2.20. The van der Waals surface area contributed by atoms with Gasteiger partial charge in [-0.25, -0.2) is 0 Å². The summed E-state index contributed by atoms with van der Waals surface area (Å²) in [6.45, 7) is 9.96. The monoisotopic (exact) mass is 236 g/mol. The van der Waals surface area contributed by atoms with Crippen LogP contribution in [0.2, 0.25) is 0 Å². The van der Waals surface area contributed by atoms with Gasteiger partial charge in [-0.1, -0.05) is 19.9 Å². The number of nitrogens with two attached hydrogens (primary N) is 1. The van der Waals surface area contributed by atoms with E-state index in [4.69, 9.17) is 10.5 Å². The fourth-order valence-electron chi connectivity index (χ4n) is 1.64. The van der Waals surface area contributed by atoms with Crippen LogP contribution in [-0.2, 0) is 4.74 Å². The molecule has 1 aromatic carbocycles. The lowest BCUT2D eigenvalue weighted by Crippen LogP contribution is -2.31. The van der Waals surface area contributed by atoms with Crippen LogP contribution >= 0.6 is 0 Å². The Morgan fingerprint density at radius 3 is 2.65 bits per heavy atom. The number of nitrogen functional groups attached to an aromatic ring is 1. The number of anilines is 2. The molecule has 0 bridgehead atoms. The number of benzene rings is 1. The van der Waals surface area contributed by atoms with E-state index in [1.807, 2.05) is 25.1 Å². The van der Waals surface area contributed by atoms with Crippen LogP contribution in [0.25, 0.3) is 0 Å². The van der Waals surface area contributed by atoms with Crippen molar-refractivity contribution in [2.24, 2.45) is 5.92 Å². The van der Waals surface area contributed by atoms with Crippen molar-refractivity contribution in [3.63, 3.8) is 0 Å². The molecule has 0 heterocycles. The minimum Gasteiger partial charge on any atom is -0.399 e. The van der Waals surface area contributed by atoms with Gasteiger partial charge in [0, 0.05) is 18.0 Å². The summed E-state index contributed by atoms with van der Waals surface area (Å²) < 4.78 is 5.51. The third kappa shape index (κ3) is 4.27. The second-order valence-corrected chi connectivity index (χ2v) is 4.73. The first-order chi connectivity index (χ1) is 8.04. The summed E-state index contributed by atoms with van der Waals surface area (Å²) in [7, 11) is 0. The van der Waals surface area contributed by atoms with Gasteiger partial charge in [0.15, 0.2) is 0 Å². The zero-order chi connectivity index (χ0) is 12.8. The van der Waals surface area contributed by atoms with Crippen LogP contribution in [0.4, 0.5) is 11.4 Å². The summed E-state index contributed by atoms with van der Waals surface area (Å²) in [5.74, 6) is 0.516. The Balaban J connectivity index is 2.74. The zero-order valence-corrected chi connectivity index (χ0v) is 11.3. The Morgan fingerprint density at radius 2 is 2.06 bits per heavy atom. The minimum atomic E-state index is 0.315. The molecule has 0 radical (unpaired) electrons. The highest BCUT2D eigenvalue weighted by molar-refractivity contribution is 5.59. The largest absolute Gasteiger partial charge is 0.399 e. The molecule has 0 aliphatic rings. The summed E-state index contributed by atoms with van der Waals surface area (Å²) in [5.41, 5.74) is 8.91. The molecule has 0 aromatic heterocycles. The number of hydrogen-bond donors (Lipinski definition) is 2. The standard InChI is InChI=1S/C14H24N2O/c1-5-17-9-14(10(2)3)16-13-8-12(15)7-6-11(13)4/h6-8,10,14,16H,5,9,15H2,1-4H3. The topological polar surface area (TPSA) is 47.3 Å². The quantitative estimate of drug-likeness (QED) is 0.746. The molecule has 17 heavy (non-hydrogen) atoms. The van der Waals surface area contributed by atoms with E-state index in [-0.39, 0.29) is 0 Å². The summed E-state index contributed by atoms with van der Waals surface area (Å²) in [4.78, 5) is 0. The first-order valence-electron chi connectivity index (χ1n) is 6.25. The molecule has 0 saturated carbocycles. The van der Waals surface area contributed by atoms with E-state index in [9.17, 15) is 0 Å². The number of ether oxygens (including phenoxy) is 1. The van der Waals surface area contributed by atoms with Gasteiger partial charge in [-0.3, -0.25) is 0 Å². The predicted octanol–water partition coefficient (Wildman–Crippen LogP) is 3.05. The van der Waals surface area contributed by atoms with Gasteiger partial charge in [0.1, 0.15) is 0 Å². The Hall–Kier alpha value is -1.22. The van der Waals surface area contributed by atoms with Gasteiger partial charge in [-0.15, -0.1) is 0 Å². The Morgan fingerprint density at radius 1 is 1.35 bits per heavy atom. The normalized spacial score (nSPS) is 12.8. The first-order valence-corrected chi connectivity index (χ1v) is 6.25. The molecule has 3 N–H and O–H groups in total. The average Bonchev–Trinajstić information content (AvgIpc) is 2.28. The third-order valence-corrected chi connectivity index (χ3v) is 2.91. The van der Waals surface area contributed by atoms with Crippen molar-refractivity contribution in [2.75, 3.05) is 24.3 Å². The Kier molecular flexibility index (Phi) is 5.29. The van der Waals surface area contributed by atoms with Crippen LogP contribution < -0.4 is 11.1 Å². The van der Waals surface area contributed by atoms with Crippen molar-refractivity contribution < 1.29 is 4.74 Å². The molecule has 1 atom stereocenters. The lowest BCUT2D eigenvalue weighted by Gasteiger charge is -2.24. The van der Waals surface area contributed by atoms with E-state index in [0.717, 1.165) is 24.6 Å². The van der Waals surface area contributed by atoms with Gasteiger partial charge in [0.25, 0.3) is 0 Å². The molecule has 96 valence electrons. The van der Waals surface area contributed by atoms with Gasteiger partial charge in [-0.2, -0.15) is 0 Å². The number of hydrogen-bond acceptors (Lipinski definition) is 3. The summed E-state index contributed by atoms with van der Waals surface area (Å²) >= 11 is 0. The molecule has 1 rings (SSSR count).